The minimum atomic E-state index is -3.59. The van der Waals surface area contributed by atoms with Crippen LogP contribution < -0.4 is 5.32 Å². The highest BCUT2D eigenvalue weighted by Crippen LogP contribution is 2.30. The number of nitrogens with zero attached hydrogens (tertiary/aromatic N) is 4. The number of hydrogen-bond donors (Lipinski definition) is 1. The fourth-order valence-corrected chi connectivity index (χ4v) is 6.15. The molecule has 0 bridgehead atoms. The van der Waals surface area contributed by atoms with Gasteiger partial charge in [0.1, 0.15) is 5.82 Å². The molecule has 2 heterocycles. The van der Waals surface area contributed by atoms with E-state index in [1.807, 2.05) is 20.8 Å². The number of benzene rings is 2. The van der Waals surface area contributed by atoms with E-state index >= 15 is 0 Å². The van der Waals surface area contributed by atoms with Crippen molar-refractivity contribution in [2.75, 3.05) is 18.9 Å². The first-order valence-corrected chi connectivity index (χ1v) is 13.7. The molecule has 1 amide bonds. The topological polar surface area (TPSA) is 97.2 Å². The number of sulfonamides is 1. The van der Waals surface area contributed by atoms with Gasteiger partial charge in [-0.25, -0.2) is 17.7 Å². The zero-order valence-corrected chi connectivity index (χ0v) is 22.1. The minimum absolute atomic E-state index is 0.161. The lowest BCUT2D eigenvalue weighted by molar-refractivity contribution is 0.102. The average molecular weight is 512 g/mol. The van der Waals surface area contributed by atoms with Gasteiger partial charge in [0, 0.05) is 25.2 Å². The van der Waals surface area contributed by atoms with Crippen molar-refractivity contribution in [2.24, 2.45) is 0 Å². The maximum absolute atomic E-state index is 13.0. The number of unbranched alkanes of at least 4 members (excludes halogenated alkanes) is 1. The van der Waals surface area contributed by atoms with Crippen molar-refractivity contribution in [3.05, 3.63) is 64.8 Å². The molecule has 0 unspecified atom stereocenters. The molecule has 184 valence electrons. The highest BCUT2D eigenvalue weighted by molar-refractivity contribution is 7.89. The summed E-state index contributed by atoms with van der Waals surface area (Å²) >= 11 is 1.51. The van der Waals surface area contributed by atoms with E-state index in [9.17, 15) is 13.2 Å². The number of carbonyl (C=O) groups is 1. The van der Waals surface area contributed by atoms with Crippen LogP contribution in [-0.2, 0) is 10.0 Å². The Morgan fingerprint density at radius 1 is 1.11 bits per heavy atom. The van der Waals surface area contributed by atoms with Crippen LogP contribution in [-0.4, -0.2) is 47.0 Å². The van der Waals surface area contributed by atoms with Crippen molar-refractivity contribution in [1.82, 2.24) is 19.1 Å². The van der Waals surface area contributed by atoms with Gasteiger partial charge in [0.2, 0.25) is 15.2 Å². The maximum Gasteiger partial charge on any atom is 0.256 e. The molecule has 2 aromatic heterocycles. The zero-order valence-electron chi connectivity index (χ0n) is 20.5. The van der Waals surface area contributed by atoms with Gasteiger partial charge in [-0.1, -0.05) is 30.7 Å². The number of fused-ring (bicyclic) bond motifs is 1. The third kappa shape index (κ3) is 5.14. The first kappa shape index (κ1) is 25.0. The van der Waals surface area contributed by atoms with Gasteiger partial charge < -0.3 is 5.32 Å². The normalized spacial score (nSPS) is 11.9. The Balaban J connectivity index is 1.57. The molecule has 0 aliphatic rings. The standard InChI is InChI=1S/C25H29N5O3S2/c1-6-7-12-29(5)35(32,33)20-10-8-19(9-11-20)24(31)26-22-15-18(4)28-30(22)25-27-23-17(3)13-16(2)14-21(23)34-25/h8-11,13-15H,6-7,12H2,1-5H3,(H,26,31). The molecular weight excluding hydrogens is 482 g/mol. The van der Waals surface area contributed by atoms with Crippen LogP contribution >= 0.6 is 11.3 Å². The van der Waals surface area contributed by atoms with Gasteiger partial charge in [-0.15, -0.1) is 0 Å². The van der Waals surface area contributed by atoms with Gasteiger partial charge in [-0.3, -0.25) is 4.79 Å². The van der Waals surface area contributed by atoms with Crippen molar-refractivity contribution >= 4 is 43.3 Å². The SMILES string of the molecule is CCCCN(C)S(=O)(=O)c1ccc(C(=O)Nc2cc(C)nn2-c2nc3c(C)cc(C)cc3s2)cc1. The van der Waals surface area contributed by atoms with Crippen molar-refractivity contribution in [3.8, 4) is 5.13 Å². The number of nitrogens with one attached hydrogen (secondary N) is 1. The van der Waals surface area contributed by atoms with Crippen LogP contribution in [0.25, 0.3) is 15.3 Å². The number of anilines is 1. The Bertz CT molecular complexity index is 1490. The first-order valence-electron chi connectivity index (χ1n) is 11.4. The van der Waals surface area contributed by atoms with Gasteiger partial charge in [-0.2, -0.15) is 9.78 Å². The maximum atomic E-state index is 13.0. The fraction of sp³-hybridized carbons (Fsp3) is 0.320. The number of hydrogen-bond acceptors (Lipinski definition) is 6. The van der Waals surface area contributed by atoms with Gasteiger partial charge in [-0.05, 0) is 68.7 Å². The predicted octanol–water partition coefficient (Wildman–Crippen LogP) is 5.08. The lowest BCUT2D eigenvalue weighted by atomic mass is 10.1. The summed E-state index contributed by atoms with van der Waals surface area (Å²) in [7, 11) is -2.02. The summed E-state index contributed by atoms with van der Waals surface area (Å²) in [5.74, 6) is 0.138. The van der Waals surface area contributed by atoms with E-state index < -0.39 is 10.0 Å². The van der Waals surface area contributed by atoms with E-state index in [1.54, 1.807) is 17.8 Å². The Morgan fingerprint density at radius 2 is 1.83 bits per heavy atom. The van der Waals surface area contributed by atoms with E-state index in [4.69, 9.17) is 4.98 Å². The van der Waals surface area contributed by atoms with Crippen LogP contribution in [0.15, 0.2) is 47.4 Å². The summed E-state index contributed by atoms with van der Waals surface area (Å²) in [5.41, 5.74) is 4.26. The number of aromatic nitrogens is 3. The van der Waals surface area contributed by atoms with Gasteiger partial charge in [0.15, 0.2) is 0 Å². The molecular formula is C25H29N5O3S2. The molecule has 0 spiro atoms. The Kier molecular flexibility index (Phi) is 7.07. The van der Waals surface area contributed by atoms with Gasteiger partial charge in [0.05, 0.1) is 20.8 Å². The van der Waals surface area contributed by atoms with Crippen LogP contribution in [0.3, 0.4) is 0 Å². The molecule has 8 nitrogen and oxygen atoms in total. The predicted molar refractivity (Wildman–Crippen MR) is 140 cm³/mol. The number of aryl methyl sites for hydroxylation is 3. The van der Waals surface area contributed by atoms with E-state index in [-0.39, 0.29) is 10.8 Å². The molecule has 0 saturated carbocycles. The molecule has 4 aromatic rings. The molecule has 0 saturated heterocycles. The second kappa shape index (κ2) is 9.88. The minimum Gasteiger partial charge on any atom is -0.306 e. The van der Waals surface area contributed by atoms with E-state index in [1.165, 1.54) is 39.9 Å². The lowest BCUT2D eigenvalue weighted by Gasteiger charge is -2.17. The molecule has 0 fully saturated rings. The summed E-state index contributed by atoms with van der Waals surface area (Å²) in [5, 5.41) is 8.08. The second-order valence-electron chi connectivity index (χ2n) is 8.67. The fourth-order valence-electron chi connectivity index (χ4n) is 3.83. The molecule has 0 aliphatic carbocycles. The molecule has 35 heavy (non-hydrogen) atoms. The summed E-state index contributed by atoms with van der Waals surface area (Å²) in [6.07, 6.45) is 1.70. The van der Waals surface area contributed by atoms with E-state index in [0.717, 1.165) is 39.9 Å². The van der Waals surface area contributed by atoms with Crippen LogP contribution in [0, 0.1) is 20.8 Å². The van der Waals surface area contributed by atoms with Gasteiger partial charge in [0.25, 0.3) is 5.91 Å². The summed E-state index contributed by atoms with van der Waals surface area (Å²) < 4.78 is 29.5. The third-order valence-electron chi connectivity index (χ3n) is 5.72. The molecule has 0 atom stereocenters. The number of carbonyl (C=O) groups excluding carboxylic acids is 1. The second-order valence-corrected chi connectivity index (χ2v) is 11.7. The molecule has 10 heteroatoms. The monoisotopic (exact) mass is 511 g/mol. The van der Waals surface area contributed by atoms with Crippen LogP contribution in [0.5, 0.6) is 0 Å². The molecule has 1 N–H and O–H groups in total. The third-order valence-corrected chi connectivity index (χ3v) is 8.57. The van der Waals surface area contributed by atoms with Gasteiger partial charge >= 0.3 is 0 Å². The zero-order chi connectivity index (χ0) is 25.3. The summed E-state index contributed by atoms with van der Waals surface area (Å²) in [6.45, 7) is 8.40. The first-order chi connectivity index (χ1) is 16.6. The molecule has 4 rings (SSSR count). The Morgan fingerprint density at radius 3 is 2.51 bits per heavy atom. The van der Waals surface area contributed by atoms with Crippen LogP contribution in [0.1, 0.15) is 46.9 Å². The van der Waals surface area contributed by atoms with Crippen LogP contribution in [0.4, 0.5) is 5.82 Å². The highest BCUT2D eigenvalue weighted by Gasteiger charge is 2.21. The summed E-state index contributed by atoms with van der Waals surface area (Å²) in [4.78, 5) is 17.9. The molecule has 0 aliphatic heterocycles. The molecule has 0 radical (unpaired) electrons. The number of thiazole rings is 1. The van der Waals surface area contributed by atoms with Crippen molar-refractivity contribution in [1.29, 1.82) is 0 Å². The Labute approximate surface area is 209 Å². The van der Waals surface area contributed by atoms with Crippen molar-refractivity contribution in [3.63, 3.8) is 0 Å². The highest BCUT2D eigenvalue weighted by atomic mass is 32.2. The summed E-state index contributed by atoms with van der Waals surface area (Å²) in [6, 6.07) is 11.9. The number of amides is 1. The largest absolute Gasteiger partial charge is 0.306 e. The van der Waals surface area contributed by atoms with Crippen molar-refractivity contribution < 1.29 is 13.2 Å². The quantitative estimate of drug-likeness (QED) is 0.356. The van der Waals surface area contributed by atoms with Crippen molar-refractivity contribution in [2.45, 2.75) is 45.4 Å². The van der Waals surface area contributed by atoms with Crippen LogP contribution in [0.2, 0.25) is 0 Å². The lowest BCUT2D eigenvalue weighted by Crippen LogP contribution is -2.28. The Hall–Kier alpha value is -3.08. The van der Waals surface area contributed by atoms with E-state index in [0.29, 0.717) is 23.1 Å². The number of rotatable bonds is 8. The molecule has 2 aromatic carbocycles. The average Bonchev–Trinajstić information content (AvgIpc) is 3.40. The smallest absolute Gasteiger partial charge is 0.256 e. The van der Waals surface area contributed by atoms with E-state index in [2.05, 4.69) is 29.5 Å².